The third kappa shape index (κ3) is 2.26. The van der Waals surface area contributed by atoms with E-state index in [4.69, 9.17) is 0 Å². The lowest BCUT2D eigenvalue weighted by Gasteiger charge is -2.16. The second kappa shape index (κ2) is 5.13. The number of carbonyl (C=O) groups excluding carboxylic acids is 2. The second-order valence-electron chi connectivity index (χ2n) is 4.64. The van der Waals surface area contributed by atoms with E-state index in [-0.39, 0.29) is 11.6 Å². The fourth-order valence-corrected chi connectivity index (χ4v) is 2.24. The van der Waals surface area contributed by atoms with Crippen LogP contribution in [-0.2, 0) is 6.54 Å². The van der Waals surface area contributed by atoms with Gasteiger partial charge in [-0.25, -0.2) is 0 Å². The molecule has 0 aromatic heterocycles. The van der Waals surface area contributed by atoms with E-state index in [1.54, 1.807) is 24.3 Å². The number of allylic oxidation sites excluding steroid dienone is 2. The summed E-state index contributed by atoms with van der Waals surface area (Å²) in [4.78, 5) is 24.3. The Labute approximate surface area is 116 Å². The molecule has 0 spiro atoms. The summed E-state index contributed by atoms with van der Waals surface area (Å²) in [5.41, 5.74) is 2.36. The van der Waals surface area contributed by atoms with Crippen molar-refractivity contribution in [2.75, 3.05) is 0 Å². The molecule has 0 unspecified atom stereocenters. The first kappa shape index (κ1) is 12.4. The summed E-state index contributed by atoms with van der Waals surface area (Å²) >= 11 is 0. The molecule has 0 aliphatic heterocycles. The number of Topliss-reactive ketones (excluding diaryl/α,β-unsaturated/α-hetero) is 1. The summed E-state index contributed by atoms with van der Waals surface area (Å²) in [6, 6.07) is 16.7. The molecule has 0 radical (unpaired) electrons. The first-order valence-corrected chi connectivity index (χ1v) is 6.43. The van der Waals surface area contributed by atoms with Gasteiger partial charge in [0.15, 0.2) is 5.78 Å². The fraction of sp³-hybridized carbons (Fsp3) is 0.0588. The van der Waals surface area contributed by atoms with Crippen molar-refractivity contribution in [1.82, 2.24) is 5.32 Å². The quantitative estimate of drug-likeness (QED) is 0.926. The Balaban J connectivity index is 1.82. The molecule has 0 amide bonds. The van der Waals surface area contributed by atoms with E-state index >= 15 is 0 Å². The van der Waals surface area contributed by atoms with Crippen LogP contribution in [-0.4, -0.2) is 11.6 Å². The van der Waals surface area contributed by atoms with E-state index in [1.807, 2.05) is 30.3 Å². The molecule has 0 saturated carbocycles. The largest absolute Gasteiger partial charge is 0.378 e. The normalized spacial score (nSPS) is 13.7. The number of hydrogen-bond acceptors (Lipinski definition) is 3. The Hall–Kier alpha value is -2.68. The predicted molar refractivity (Wildman–Crippen MR) is 76.5 cm³/mol. The van der Waals surface area contributed by atoms with E-state index < -0.39 is 0 Å². The maximum Gasteiger partial charge on any atom is 0.209 e. The molecule has 98 valence electrons. The fourth-order valence-electron chi connectivity index (χ4n) is 2.24. The maximum atomic E-state index is 12.3. The zero-order valence-corrected chi connectivity index (χ0v) is 10.8. The highest BCUT2D eigenvalue weighted by atomic mass is 16.1. The average Bonchev–Trinajstić information content (AvgIpc) is 2.50. The van der Waals surface area contributed by atoms with Crippen molar-refractivity contribution in [2.45, 2.75) is 6.54 Å². The van der Waals surface area contributed by atoms with Crippen LogP contribution in [0.2, 0.25) is 0 Å². The Kier molecular flexibility index (Phi) is 3.17. The molecule has 2 aromatic carbocycles. The molecular weight excluding hydrogens is 250 g/mol. The number of fused-ring (bicyclic) bond motifs is 1. The minimum Gasteiger partial charge on any atom is -0.378 e. The van der Waals surface area contributed by atoms with Crippen molar-refractivity contribution >= 4 is 11.6 Å². The molecule has 1 N–H and O–H groups in total. The zero-order valence-electron chi connectivity index (χ0n) is 10.8. The van der Waals surface area contributed by atoms with Crippen LogP contribution in [0.5, 0.6) is 0 Å². The van der Waals surface area contributed by atoms with E-state index in [0.29, 0.717) is 23.4 Å². The molecule has 0 heterocycles. The van der Waals surface area contributed by atoms with Gasteiger partial charge in [0, 0.05) is 23.7 Å². The summed E-state index contributed by atoms with van der Waals surface area (Å²) in [5, 5.41) is 3.05. The lowest BCUT2D eigenvalue weighted by Crippen LogP contribution is -2.26. The standard InChI is InChI=1S/C17H13NO2/c19-16-10-15(18-11-12-6-2-1-3-7-12)17(20)14-9-5-4-8-13(14)16/h1-10,18H,11H2. The molecule has 0 fully saturated rings. The van der Waals surface area contributed by atoms with Gasteiger partial charge in [-0.2, -0.15) is 0 Å². The molecule has 2 aromatic rings. The lowest BCUT2D eigenvalue weighted by atomic mass is 9.92. The molecule has 3 rings (SSSR count). The van der Waals surface area contributed by atoms with Gasteiger partial charge in [0.05, 0.1) is 5.70 Å². The topological polar surface area (TPSA) is 46.2 Å². The van der Waals surface area contributed by atoms with Crippen LogP contribution in [0.25, 0.3) is 0 Å². The van der Waals surface area contributed by atoms with Gasteiger partial charge in [-0.3, -0.25) is 9.59 Å². The number of carbonyl (C=O) groups is 2. The molecule has 20 heavy (non-hydrogen) atoms. The van der Waals surface area contributed by atoms with E-state index in [0.717, 1.165) is 5.56 Å². The van der Waals surface area contributed by atoms with Crippen molar-refractivity contribution in [1.29, 1.82) is 0 Å². The van der Waals surface area contributed by atoms with Crippen LogP contribution in [0.1, 0.15) is 26.3 Å². The van der Waals surface area contributed by atoms with Gasteiger partial charge >= 0.3 is 0 Å². The smallest absolute Gasteiger partial charge is 0.209 e. The van der Waals surface area contributed by atoms with Crippen molar-refractivity contribution in [3.05, 3.63) is 83.1 Å². The van der Waals surface area contributed by atoms with Crippen LogP contribution < -0.4 is 5.32 Å². The van der Waals surface area contributed by atoms with Crippen molar-refractivity contribution in [2.24, 2.45) is 0 Å². The first-order valence-electron chi connectivity index (χ1n) is 6.43. The highest BCUT2D eigenvalue weighted by Crippen LogP contribution is 2.19. The summed E-state index contributed by atoms with van der Waals surface area (Å²) < 4.78 is 0. The summed E-state index contributed by atoms with van der Waals surface area (Å²) in [6.07, 6.45) is 1.38. The van der Waals surface area contributed by atoms with E-state index in [9.17, 15) is 9.59 Å². The maximum absolute atomic E-state index is 12.3. The van der Waals surface area contributed by atoms with Gasteiger partial charge in [0.1, 0.15) is 0 Å². The average molecular weight is 263 g/mol. The number of nitrogens with one attached hydrogen (secondary N) is 1. The molecule has 0 atom stereocenters. The Bertz CT molecular complexity index is 702. The first-order chi connectivity index (χ1) is 9.75. The molecule has 3 nitrogen and oxygen atoms in total. The van der Waals surface area contributed by atoms with Crippen LogP contribution in [0, 0.1) is 0 Å². The van der Waals surface area contributed by atoms with Crippen molar-refractivity contribution in [3.8, 4) is 0 Å². The van der Waals surface area contributed by atoms with Gasteiger partial charge in [0.2, 0.25) is 5.78 Å². The highest BCUT2D eigenvalue weighted by Gasteiger charge is 2.24. The number of hydrogen-bond donors (Lipinski definition) is 1. The van der Waals surface area contributed by atoms with Crippen molar-refractivity contribution in [3.63, 3.8) is 0 Å². The van der Waals surface area contributed by atoms with E-state index in [1.165, 1.54) is 6.08 Å². The summed E-state index contributed by atoms with van der Waals surface area (Å²) in [5.74, 6) is -0.258. The Morgan fingerprint density at radius 2 is 1.45 bits per heavy atom. The zero-order chi connectivity index (χ0) is 13.9. The van der Waals surface area contributed by atoms with E-state index in [2.05, 4.69) is 5.32 Å². The van der Waals surface area contributed by atoms with Crippen LogP contribution in [0.3, 0.4) is 0 Å². The number of ketones is 2. The summed E-state index contributed by atoms with van der Waals surface area (Å²) in [6.45, 7) is 0.522. The molecule has 1 aliphatic carbocycles. The predicted octanol–water partition coefficient (Wildman–Crippen LogP) is 2.74. The lowest BCUT2D eigenvalue weighted by molar-refractivity contribution is 0.0978. The number of benzene rings is 2. The molecule has 3 heteroatoms. The van der Waals surface area contributed by atoms with Gasteiger partial charge in [-0.05, 0) is 5.56 Å². The van der Waals surface area contributed by atoms with Crippen LogP contribution in [0.15, 0.2) is 66.4 Å². The highest BCUT2D eigenvalue weighted by molar-refractivity contribution is 6.24. The Morgan fingerprint density at radius 1 is 0.800 bits per heavy atom. The molecule has 0 saturated heterocycles. The molecule has 1 aliphatic rings. The van der Waals surface area contributed by atoms with Crippen LogP contribution in [0.4, 0.5) is 0 Å². The Morgan fingerprint density at radius 3 is 2.20 bits per heavy atom. The third-order valence-corrected chi connectivity index (χ3v) is 3.28. The van der Waals surface area contributed by atoms with Crippen molar-refractivity contribution < 1.29 is 9.59 Å². The monoisotopic (exact) mass is 263 g/mol. The number of rotatable bonds is 3. The second-order valence-corrected chi connectivity index (χ2v) is 4.64. The molecule has 0 bridgehead atoms. The molecular formula is C17H13NO2. The summed E-state index contributed by atoms with van der Waals surface area (Å²) in [7, 11) is 0. The van der Waals surface area contributed by atoms with Gasteiger partial charge < -0.3 is 5.32 Å². The minimum atomic E-state index is -0.129. The minimum absolute atomic E-state index is 0.129. The SMILES string of the molecule is O=C1C=C(NCc2ccccc2)C(=O)c2ccccc21. The van der Waals surface area contributed by atoms with Gasteiger partial charge in [-0.1, -0.05) is 54.6 Å². The third-order valence-electron chi connectivity index (χ3n) is 3.28. The van der Waals surface area contributed by atoms with Gasteiger partial charge in [-0.15, -0.1) is 0 Å². The van der Waals surface area contributed by atoms with Gasteiger partial charge in [0.25, 0.3) is 0 Å². The van der Waals surface area contributed by atoms with Crippen LogP contribution >= 0.6 is 0 Å².